The summed E-state index contributed by atoms with van der Waals surface area (Å²) in [5.74, 6) is -0.518. The highest BCUT2D eigenvalue weighted by atomic mass is 32.2. The number of rotatable bonds is 5. The summed E-state index contributed by atoms with van der Waals surface area (Å²) < 4.78 is 24.2. The zero-order valence-corrected chi connectivity index (χ0v) is 18.5. The van der Waals surface area contributed by atoms with Crippen molar-refractivity contribution in [2.45, 2.75) is 41.0 Å². The van der Waals surface area contributed by atoms with Crippen molar-refractivity contribution in [3.63, 3.8) is 0 Å². The third-order valence-corrected chi connectivity index (χ3v) is 6.79. The zero-order valence-electron chi connectivity index (χ0n) is 17.7. The number of ether oxygens (including phenoxy) is 4. The molecule has 6 atom stereocenters. The lowest BCUT2D eigenvalue weighted by molar-refractivity contribution is -0.317. The molecular weight excluding hydrogens is 440 g/mol. The van der Waals surface area contributed by atoms with Gasteiger partial charge in [-0.15, -0.1) is 0 Å². The first-order valence-corrected chi connectivity index (χ1v) is 11.7. The number of benzene rings is 3. The van der Waals surface area contributed by atoms with Gasteiger partial charge in [0.05, 0.1) is 12.2 Å². The average Bonchev–Trinajstić information content (AvgIpc) is 2.88. The second kappa shape index (κ2) is 10.1. The van der Waals surface area contributed by atoms with Crippen LogP contribution in [0.4, 0.5) is 0 Å². The molecule has 5 rings (SSSR count). The zero-order chi connectivity index (χ0) is 22.6. The number of carbonyl (C=O) groups is 1. The fourth-order valence-electron chi connectivity index (χ4n) is 3.97. The molecule has 2 saturated heterocycles. The third-order valence-electron chi connectivity index (χ3n) is 5.63. The largest absolute Gasteiger partial charge is 0.453 e. The van der Waals surface area contributed by atoms with Crippen LogP contribution in [0.15, 0.2) is 95.9 Å². The first kappa shape index (κ1) is 22.1. The summed E-state index contributed by atoms with van der Waals surface area (Å²) in [5, 5.41) is 11.2. The molecule has 0 spiro atoms. The number of esters is 1. The molecule has 170 valence electrons. The molecule has 1 N–H and O–H groups in total. The van der Waals surface area contributed by atoms with E-state index in [1.54, 1.807) is 24.3 Å². The van der Waals surface area contributed by atoms with Crippen molar-refractivity contribution in [3.8, 4) is 0 Å². The van der Waals surface area contributed by atoms with Gasteiger partial charge >= 0.3 is 5.97 Å². The fraction of sp³-hybridized carbons (Fsp3) is 0.269. The Morgan fingerprint density at radius 3 is 2.21 bits per heavy atom. The van der Waals surface area contributed by atoms with E-state index >= 15 is 0 Å². The molecule has 2 aliphatic heterocycles. The van der Waals surface area contributed by atoms with Crippen molar-refractivity contribution < 1.29 is 28.8 Å². The predicted octanol–water partition coefficient (Wildman–Crippen LogP) is 4.20. The Balaban J connectivity index is 1.40. The molecule has 0 unspecified atom stereocenters. The molecular formula is C26H24O6S. The molecule has 0 aliphatic carbocycles. The van der Waals surface area contributed by atoms with Crippen molar-refractivity contribution in [2.75, 3.05) is 6.61 Å². The fourth-order valence-corrected chi connectivity index (χ4v) is 5.05. The molecule has 0 radical (unpaired) electrons. The second-order valence-electron chi connectivity index (χ2n) is 7.88. The van der Waals surface area contributed by atoms with Gasteiger partial charge in [-0.05, 0) is 24.3 Å². The number of hydrogen-bond acceptors (Lipinski definition) is 7. The molecule has 3 aromatic rings. The molecule has 0 amide bonds. The predicted molar refractivity (Wildman–Crippen MR) is 123 cm³/mol. The van der Waals surface area contributed by atoms with Crippen LogP contribution in [-0.4, -0.2) is 47.5 Å². The van der Waals surface area contributed by atoms with Crippen LogP contribution in [0.5, 0.6) is 0 Å². The number of thioether (sulfide) groups is 1. The molecule has 33 heavy (non-hydrogen) atoms. The van der Waals surface area contributed by atoms with Crippen molar-refractivity contribution in [1.82, 2.24) is 0 Å². The minimum atomic E-state index is -1.10. The van der Waals surface area contributed by atoms with Gasteiger partial charge in [0.1, 0.15) is 23.7 Å². The molecule has 0 bridgehead atoms. The molecule has 2 heterocycles. The van der Waals surface area contributed by atoms with E-state index in [0.29, 0.717) is 5.56 Å². The standard InChI is InChI=1S/C26H24O6S/c27-21-23(31-24(28)17-10-4-1-5-11-17)22-20(30-26(21)33-19-14-8-3-9-15-19)16-29-25(32-22)18-12-6-2-7-13-18/h1-15,20-23,25-27H,16H2/t20-,21-,22-,23-,25-,26+/m1/s1. The van der Waals surface area contributed by atoms with E-state index in [1.807, 2.05) is 66.7 Å². The van der Waals surface area contributed by atoms with E-state index in [4.69, 9.17) is 18.9 Å². The molecule has 6 nitrogen and oxygen atoms in total. The summed E-state index contributed by atoms with van der Waals surface area (Å²) in [4.78, 5) is 13.8. The van der Waals surface area contributed by atoms with Crippen molar-refractivity contribution >= 4 is 17.7 Å². The van der Waals surface area contributed by atoms with Crippen molar-refractivity contribution in [3.05, 3.63) is 102 Å². The van der Waals surface area contributed by atoms with Crippen LogP contribution < -0.4 is 0 Å². The second-order valence-corrected chi connectivity index (χ2v) is 9.05. The Morgan fingerprint density at radius 1 is 0.879 bits per heavy atom. The van der Waals surface area contributed by atoms with Crippen molar-refractivity contribution in [2.24, 2.45) is 0 Å². The van der Waals surface area contributed by atoms with Crippen LogP contribution in [0.3, 0.4) is 0 Å². The van der Waals surface area contributed by atoms with Gasteiger partial charge in [-0.3, -0.25) is 0 Å². The van der Waals surface area contributed by atoms with Crippen LogP contribution in [-0.2, 0) is 18.9 Å². The summed E-state index contributed by atoms with van der Waals surface area (Å²) in [6.07, 6.45) is -3.84. The number of carbonyl (C=O) groups excluding carboxylic acids is 1. The van der Waals surface area contributed by atoms with Gasteiger partial charge in [0.2, 0.25) is 0 Å². The summed E-state index contributed by atoms with van der Waals surface area (Å²) in [5.41, 5.74) is 0.605. The number of hydrogen-bond donors (Lipinski definition) is 1. The number of fused-ring (bicyclic) bond motifs is 1. The lowest BCUT2D eigenvalue weighted by Crippen LogP contribution is -2.62. The number of aliphatic hydroxyl groups excluding tert-OH is 1. The molecule has 0 saturated carbocycles. The molecule has 3 aromatic carbocycles. The molecule has 7 heteroatoms. The van der Waals surface area contributed by atoms with E-state index in [0.717, 1.165) is 10.5 Å². The highest BCUT2D eigenvalue weighted by Crippen LogP contribution is 2.40. The van der Waals surface area contributed by atoms with E-state index < -0.39 is 42.1 Å². The Kier molecular flexibility index (Phi) is 6.75. The minimum absolute atomic E-state index is 0.252. The topological polar surface area (TPSA) is 74.2 Å². The van der Waals surface area contributed by atoms with Gasteiger partial charge in [-0.25, -0.2) is 4.79 Å². The molecule has 2 fully saturated rings. The van der Waals surface area contributed by atoms with Gasteiger partial charge in [0.25, 0.3) is 0 Å². The first-order chi connectivity index (χ1) is 16.2. The first-order valence-electron chi connectivity index (χ1n) is 10.8. The Bertz CT molecular complexity index is 1050. The summed E-state index contributed by atoms with van der Waals surface area (Å²) in [7, 11) is 0. The van der Waals surface area contributed by atoms with E-state index in [-0.39, 0.29) is 6.61 Å². The highest BCUT2D eigenvalue weighted by molar-refractivity contribution is 7.99. The summed E-state index contributed by atoms with van der Waals surface area (Å²) in [6, 6.07) is 27.9. The lowest BCUT2D eigenvalue weighted by atomic mass is 9.98. The Hall–Kier alpha value is -2.68. The van der Waals surface area contributed by atoms with Crippen LogP contribution in [0.1, 0.15) is 22.2 Å². The van der Waals surface area contributed by atoms with Crippen LogP contribution in [0.2, 0.25) is 0 Å². The Morgan fingerprint density at radius 2 is 1.52 bits per heavy atom. The Labute approximate surface area is 196 Å². The molecule has 2 aliphatic rings. The van der Waals surface area contributed by atoms with E-state index in [1.165, 1.54) is 11.8 Å². The van der Waals surface area contributed by atoms with Crippen LogP contribution >= 0.6 is 11.8 Å². The number of aliphatic hydroxyl groups is 1. The smallest absolute Gasteiger partial charge is 0.338 e. The maximum Gasteiger partial charge on any atom is 0.338 e. The summed E-state index contributed by atoms with van der Waals surface area (Å²) >= 11 is 1.38. The highest BCUT2D eigenvalue weighted by Gasteiger charge is 2.51. The van der Waals surface area contributed by atoms with Crippen LogP contribution in [0.25, 0.3) is 0 Å². The van der Waals surface area contributed by atoms with E-state index in [9.17, 15) is 9.90 Å². The van der Waals surface area contributed by atoms with Gasteiger partial charge in [-0.2, -0.15) is 0 Å². The molecule has 0 aromatic heterocycles. The van der Waals surface area contributed by atoms with Crippen LogP contribution in [0, 0.1) is 0 Å². The maximum atomic E-state index is 12.9. The summed E-state index contributed by atoms with van der Waals surface area (Å²) in [6.45, 7) is 0.252. The quantitative estimate of drug-likeness (QED) is 0.567. The van der Waals surface area contributed by atoms with Gasteiger partial charge in [0.15, 0.2) is 12.4 Å². The normalized spacial score (nSPS) is 29.1. The van der Waals surface area contributed by atoms with Gasteiger partial charge in [-0.1, -0.05) is 78.5 Å². The maximum absolute atomic E-state index is 12.9. The monoisotopic (exact) mass is 464 g/mol. The SMILES string of the molecule is O=C(O[C@@H]1[C@@H](O)[C@H](Sc2ccccc2)O[C@@H]2CO[C@@H](c3ccccc3)O[C@@H]12)c1ccccc1. The third kappa shape index (κ3) is 4.98. The van der Waals surface area contributed by atoms with Gasteiger partial charge < -0.3 is 24.1 Å². The lowest BCUT2D eigenvalue weighted by Gasteiger charge is -2.47. The van der Waals surface area contributed by atoms with Crippen molar-refractivity contribution in [1.29, 1.82) is 0 Å². The average molecular weight is 465 g/mol. The van der Waals surface area contributed by atoms with Gasteiger partial charge in [0, 0.05) is 10.5 Å². The minimum Gasteiger partial charge on any atom is -0.453 e. The van der Waals surface area contributed by atoms with E-state index in [2.05, 4.69) is 0 Å².